The first-order chi connectivity index (χ1) is 7.96. The molecule has 2 aliphatic heterocycles. The summed E-state index contributed by atoms with van der Waals surface area (Å²) in [6, 6.07) is 0.164. The fourth-order valence-electron chi connectivity index (χ4n) is 3.44. The zero-order chi connectivity index (χ0) is 12.6. The Labute approximate surface area is 102 Å². The van der Waals surface area contributed by atoms with Crippen LogP contribution in [0.25, 0.3) is 0 Å². The Morgan fingerprint density at radius 1 is 1.59 bits per heavy atom. The molecule has 0 radical (unpaired) electrons. The number of fused-ring (bicyclic) bond motifs is 2. The van der Waals surface area contributed by atoms with Gasteiger partial charge in [-0.1, -0.05) is 13.2 Å². The Morgan fingerprint density at radius 2 is 2.29 bits per heavy atom. The molecule has 17 heavy (non-hydrogen) atoms. The van der Waals surface area contributed by atoms with Gasteiger partial charge in [0.05, 0.1) is 0 Å². The van der Waals surface area contributed by atoms with Crippen LogP contribution in [-0.2, 0) is 4.79 Å². The summed E-state index contributed by atoms with van der Waals surface area (Å²) in [6.45, 7) is 1.44. The van der Waals surface area contributed by atoms with Crippen molar-refractivity contribution in [2.45, 2.75) is 56.4 Å². The van der Waals surface area contributed by atoms with Gasteiger partial charge in [0.15, 0.2) is 0 Å². The Balaban J connectivity index is 2.01. The lowest BCUT2D eigenvalue weighted by Crippen LogP contribution is -2.61. The molecule has 0 saturated carbocycles. The highest BCUT2D eigenvalue weighted by Gasteiger charge is 2.60. The highest BCUT2D eigenvalue weighted by atomic mass is 16.4. The lowest BCUT2D eigenvalue weighted by molar-refractivity contribution is -0.146. The number of carbonyl (C=O) groups is 1. The molecule has 5 N–H and O–H groups in total. The molecule has 2 rings (SSSR count). The molecule has 0 aromatic rings. The largest absolute Gasteiger partial charge is 0.480 e. The van der Waals surface area contributed by atoms with Crippen LogP contribution in [0.5, 0.6) is 0 Å². The van der Waals surface area contributed by atoms with Crippen molar-refractivity contribution in [1.82, 2.24) is 5.32 Å². The molecular weight excluding hydrogens is 219 g/mol. The van der Waals surface area contributed by atoms with Gasteiger partial charge in [-0.3, -0.25) is 4.79 Å². The van der Waals surface area contributed by atoms with Gasteiger partial charge in [0, 0.05) is 18.0 Å². The first-order valence-electron chi connectivity index (χ1n) is 6.42. The van der Waals surface area contributed by atoms with Crippen LogP contribution < -0.4 is 11.1 Å². The Kier molecular flexibility index (Phi) is 3.47. The number of aliphatic carboxylic acids is 1. The van der Waals surface area contributed by atoms with Crippen LogP contribution in [0.1, 0.15) is 25.7 Å². The summed E-state index contributed by atoms with van der Waals surface area (Å²) < 4.78 is 0. The SMILES string of the molecule is CB(O)CCCC1C2CCC(N2)C1(N)C(=O)O. The molecular formula is C11H21BN2O3. The summed E-state index contributed by atoms with van der Waals surface area (Å²) in [7, 11) is 0. The Hall–Kier alpha value is -0.585. The van der Waals surface area contributed by atoms with Crippen molar-refractivity contribution < 1.29 is 14.9 Å². The first kappa shape index (κ1) is 12.9. The van der Waals surface area contributed by atoms with Gasteiger partial charge < -0.3 is 21.2 Å². The van der Waals surface area contributed by atoms with Crippen molar-refractivity contribution in [2.24, 2.45) is 11.7 Å². The summed E-state index contributed by atoms with van der Waals surface area (Å²) in [5, 5.41) is 21.9. The van der Waals surface area contributed by atoms with Crippen LogP contribution in [0.2, 0.25) is 13.1 Å². The van der Waals surface area contributed by atoms with E-state index in [4.69, 9.17) is 5.73 Å². The van der Waals surface area contributed by atoms with Gasteiger partial charge in [0.25, 0.3) is 6.92 Å². The van der Waals surface area contributed by atoms with E-state index < -0.39 is 11.5 Å². The second-order valence-electron chi connectivity index (χ2n) is 5.53. The highest BCUT2D eigenvalue weighted by molar-refractivity contribution is 6.48. The van der Waals surface area contributed by atoms with Crippen LogP contribution in [0.3, 0.4) is 0 Å². The van der Waals surface area contributed by atoms with Crippen LogP contribution in [0, 0.1) is 5.92 Å². The lowest BCUT2D eigenvalue weighted by Gasteiger charge is -2.35. The van der Waals surface area contributed by atoms with E-state index in [0.29, 0.717) is 6.32 Å². The minimum absolute atomic E-state index is 0.00231. The third kappa shape index (κ3) is 2.09. The first-order valence-corrected chi connectivity index (χ1v) is 6.42. The van der Waals surface area contributed by atoms with Crippen LogP contribution in [0.15, 0.2) is 0 Å². The zero-order valence-corrected chi connectivity index (χ0v) is 10.2. The predicted molar refractivity (Wildman–Crippen MR) is 65.9 cm³/mol. The summed E-state index contributed by atoms with van der Waals surface area (Å²) in [6.07, 6.45) is 4.21. The molecule has 0 aromatic carbocycles. The van der Waals surface area contributed by atoms with Gasteiger partial charge >= 0.3 is 5.97 Å². The Morgan fingerprint density at radius 3 is 2.88 bits per heavy atom. The van der Waals surface area contributed by atoms with Crippen molar-refractivity contribution in [3.8, 4) is 0 Å². The predicted octanol–water partition coefficient (Wildman–Crippen LogP) is -0.0873. The average Bonchev–Trinajstić information content (AvgIpc) is 2.80. The van der Waals surface area contributed by atoms with E-state index in [1.54, 1.807) is 6.82 Å². The van der Waals surface area contributed by atoms with Crippen molar-refractivity contribution in [3.05, 3.63) is 0 Å². The van der Waals surface area contributed by atoms with Crippen molar-refractivity contribution >= 4 is 12.9 Å². The molecule has 2 bridgehead atoms. The topological polar surface area (TPSA) is 95.6 Å². The Bertz CT molecular complexity index is 313. The van der Waals surface area contributed by atoms with Crippen LogP contribution in [-0.4, -0.2) is 40.6 Å². The number of hydrogen-bond donors (Lipinski definition) is 4. The minimum Gasteiger partial charge on any atom is -0.480 e. The summed E-state index contributed by atoms with van der Waals surface area (Å²) in [5.41, 5.74) is 5.01. The molecule has 2 fully saturated rings. The molecule has 2 saturated heterocycles. The molecule has 2 aliphatic rings. The van der Waals surface area contributed by atoms with Crippen molar-refractivity contribution in [1.29, 1.82) is 0 Å². The van der Waals surface area contributed by atoms with Gasteiger partial charge in [-0.15, -0.1) is 0 Å². The van der Waals surface area contributed by atoms with Gasteiger partial charge in [0.2, 0.25) is 0 Å². The fraction of sp³-hybridized carbons (Fsp3) is 0.909. The second kappa shape index (κ2) is 4.59. The lowest BCUT2D eigenvalue weighted by atomic mass is 9.64. The van der Waals surface area contributed by atoms with Gasteiger partial charge in [-0.05, 0) is 25.6 Å². The number of hydrogen-bond acceptors (Lipinski definition) is 4. The average molecular weight is 240 g/mol. The maximum Gasteiger partial charge on any atom is 0.325 e. The molecule has 4 unspecified atom stereocenters. The van der Waals surface area contributed by atoms with E-state index in [9.17, 15) is 14.9 Å². The maximum absolute atomic E-state index is 11.4. The molecule has 0 spiro atoms. The second-order valence-corrected chi connectivity index (χ2v) is 5.53. The van der Waals surface area contributed by atoms with Gasteiger partial charge in [-0.25, -0.2) is 0 Å². The van der Waals surface area contributed by atoms with E-state index in [1.165, 1.54) is 0 Å². The molecule has 4 atom stereocenters. The number of rotatable bonds is 5. The van der Waals surface area contributed by atoms with E-state index >= 15 is 0 Å². The fourth-order valence-corrected chi connectivity index (χ4v) is 3.44. The van der Waals surface area contributed by atoms with Gasteiger partial charge in [-0.2, -0.15) is 0 Å². The molecule has 96 valence electrons. The molecule has 2 heterocycles. The molecule has 5 nitrogen and oxygen atoms in total. The number of nitrogens with two attached hydrogens (primary N) is 1. The molecule has 0 aliphatic carbocycles. The number of nitrogens with one attached hydrogen (secondary N) is 1. The molecule has 6 heteroatoms. The zero-order valence-electron chi connectivity index (χ0n) is 10.2. The van der Waals surface area contributed by atoms with Crippen LogP contribution >= 0.6 is 0 Å². The quantitative estimate of drug-likeness (QED) is 0.504. The smallest absolute Gasteiger partial charge is 0.325 e. The van der Waals surface area contributed by atoms with E-state index in [-0.39, 0.29) is 24.9 Å². The molecule has 0 amide bonds. The normalized spacial score (nSPS) is 39.6. The van der Waals surface area contributed by atoms with E-state index in [0.717, 1.165) is 25.7 Å². The van der Waals surface area contributed by atoms with E-state index in [2.05, 4.69) is 5.32 Å². The summed E-state index contributed by atoms with van der Waals surface area (Å²) >= 11 is 0. The minimum atomic E-state index is -1.11. The number of carboxylic acid groups (broad SMARTS) is 1. The van der Waals surface area contributed by atoms with Gasteiger partial charge in [0.1, 0.15) is 5.54 Å². The van der Waals surface area contributed by atoms with Crippen molar-refractivity contribution in [2.75, 3.05) is 0 Å². The van der Waals surface area contributed by atoms with Crippen LogP contribution in [0.4, 0.5) is 0 Å². The highest BCUT2D eigenvalue weighted by Crippen LogP contribution is 2.42. The standard InChI is InChI=1S/C11H21BN2O3/c1-12(17)6-2-3-7-8-4-5-9(14-8)11(7,13)10(15)16/h7-9,14,17H,2-6,13H2,1H3,(H,15,16). The number of carboxylic acids is 1. The van der Waals surface area contributed by atoms with Crippen molar-refractivity contribution in [3.63, 3.8) is 0 Å². The third-order valence-corrected chi connectivity index (χ3v) is 4.36. The summed E-state index contributed by atoms with van der Waals surface area (Å²) in [4.78, 5) is 11.4. The third-order valence-electron chi connectivity index (χ3n) is 4.36. The summed E-state index contributed by atoms with van der Waals surface area (Å²) in [5.74, 6) is -0.892. The molecule has 0 aromatic heterocycles. The van der Waals surface area contributed by atoms with E-state index in [1.807, 2.05) is 0 Å². The monoisotopic (exact) mass is 240 g/mol. The maximum atomic E-state index is 11.4.